The van der Waals surface area contributed by atoms with E-state index < -0.39 is 0 Å². The zero-order valence-corrected chi connectivity index (χ0v) is 4.35. The Morgan fingerprint density at radius 3 is 3.00 bits per heavy atom. The Balaban J connectivity index is 2.97. The second-order valence-corrected chi connectivity index (χ2v) is 0.925. The third-order valence-corrected chi connectivity index (χ3v) is 0.427. The van der Waals surface area contributed by atoms with Gasteiger partial charge in [-0.2, -0.15) is 0 Å². The standard InChI is InChI=1S/C6H8O/c1-3-5-6-7-4-2/h1,5-6H,4H2,2H3. The molecule has 0 unspecified atom stereocenters. The number of ether oxygens (including phenoxy) is 1. The van der Waals surface area contributed by atoms with Gasteiger partial charge in [0, 0.05) is 6.08 Å². The monoisotopic (exact) mass is 96.1 g/mol. The van der Waals surface area contributed by atoms with E-state index in [1.807, 2.05) is 6.92 Å². The summed E-state index contributed by atoms with van der Waals surface area (Å²) >= 11 is 0. The highest BCUT2D eigenvalue weighted by Gasteiger charge is 1.61. The smallest absolute Gasteiger partial charge is 0.0912 e. The fraction of sp³-hybridized carbons (Fsp3) is 0.333. The molecule has 0 spiro atoms. The quantitative estimate of drug-likeness (QED) is 0.370. The summed E-state index contributed by atoms with van der Waals surface area (Å²) in [4.78, 5) is 0. The van der Waals surface area contributed by atoms with Crippen LogP contribution in [-0.4, -0.2) is 6.61 Å². The van der Waals surface area contributed by atoms with Gasteiger partial charge < -0.3 is 4.74 Å². The van der Waals surface area contributed by atoms with E-state index in [9.17, 15) is 0 Å². The lowest BCUT2D eigenvalue weighted by Gasteiger charge is -1.86. The van der Waals surface area contributed by atoms with E-state index in [1.54, 1.807) is 0 Å². The molecule has 38 valence electrons. The van der Waals surface area contributed by atoms with Crippen molar-refractivity contribution in [3.05, 3.63) is 12.3 Å². The van der Waals surface area contributed by atoms with Crippen molar-refractivity contribution in [1.29, 1.82) is 0 Å². The van der Waals surface area contributed by atoms with Gasteiger partial charge in [0.1, 0.15) is 0 Å². The highest BCUT2D eigenvalue weighted by Crippen LogP contribution is 1.72. The van der Waals surface area contributed by atoms with Gasteiger partial charge in [-0.15, -0.1) is 6.42 Å². The van der Waals surface area contributed by atoms with Gasteiger partial charge in [0.25, 0.3) is 0 Å². The van der Waals surface area contributed by atoms with Gasteiger partial charge >= 0.3 is 0 Å². The van der Waals surface area contributed by atoms with Crippen LogP contribution in [-0.2, 0) is 4.74 Å². The van der Waals surface area contributed by atoms with Crippen LogP contribution >= 0.6 is 0 Å². The van der Waals surface area contributed by atoms with Crippen molar-refractivity contribution >= 4 is 0 Å². The van der Waals surface area contributed by atoms with Crippen LogP contribution in [0, 0.1) is 12.3 Å². The summed E-state index contributed by atoms with van der Waals surface area (Å²) in [5.74, 6) is 2.30. The van der Waals surface area contributed by atoms with Crippen LogP contribution < -0.4 is 0 Å². The first kappa shape index (κ1) is 6.10. The second-order valence-electron chi connectivity index (χ2n) is 0.925. The second kappa shape index (κ2) is 5.10. The van der Waals surface area contributed by atoms with Crippen LogP contribution in [0.5, 0.6) is 0 Å². The van der Waals surface area contributed by atoms with E-state index in [-0.39, 0.29) is 0 Å². The molecule has 0 radical (unpaired) electrons. The number of rotatable bonds is 2. The molecule has 0 bridgehead atoms. The van der Waals surface area contributed by atoms with Crippen molar-refractivity contribution in [3.63, 3.8) is 0 Å². The molecule has 0 saturated carbocycles. The molecule has 7 heavy (non-hydrogen) atoms. The largest absolute Gasteiger partial charge is 0.501 e. The van der Waals surface area contributed by atoms with Gasteiger partial charge in [0.2, 0.25) is 0 Å². The zero-order valence-electron chi connectivity index (χ0n) is 4.35. The highest BCUT2D eigenvalue weighted by molar-refractivity contribution is 5.05. The van der Waals surface area contributed by atoms with Crippen LogP contribution in [0.2, 0.25) is 0 Å². The maximum atomic E-state index is 4.85. The highest BCUT2D eigenvalue weighted by atomic mass is 16.5. The topological polar surface area (TPSA) is 9.23 Å². The SMILES string of the molecule is C#CC=COCC. The summed E-state index contributed by atoms with van der Waals surface area (Å²) in [6.07, 6.45) is 7.87. The summed E-state index contributed by atoms with van der Waals surface area (Å²) in [7, 11) is 0. The molecule has 0 rings (SSSR count). The minimum atomic E-state index is 0.679. The van der Waals surface area contributed by atoms with Crippen LogP contribution in [0.15, 0.2) is 12.3 Å². The molecular weight excluding hydrogens is 88.1 g/mol. The number of hydrogen-bond acceptors (Lipinski definition) is 1. The third-order valence-electron chi connectivity index (χ3n) is 0.427. The molecule has 1 nitrogen and oxygen atoms in total. The maximum Gasteiger partial charge on any atom is 0.0912 e. The lowest BCUT2D eigenvalue weighted by atomic mass is 10.7. The summed E-state index contributed by atoms with van der Waals surface area (Å²) in [6.45, 7) is 2.58. The van der Waals surface area contributed by atoms with Gasteiger partial charge in [0.05, 0.1) is 12.9 Å². The van der Waals surface area contributed by atoms with Crippen molar-refractivity contribution in [2.45, 2.75) is 6.92 Å². The van der Waals surface area contributed by atoms with Gasteiger partial charge in [-0.25, -0.2) is 0 Å². The molecule has 0 aromatic rings. The van der Waals surface area contributed by atoms with Crippen LogP contribution in [0.1, 0.15) is 6.92 Å². The molecule has 0 N–H and O–H groups in total. The van der Waals surface area contributed by atoms with E-state index in [4.69, 9.17) is 11.2 Å². The van der Waals surface area contributed by atoms with Gasteiger partial charge in [-0.1, -0.05) is 5.92 Å². The molecule has 0 saturated heterocycles. The number of hydrogen-bond donors (Lipinski definition) is 0. The first-order valence-electron chi connectivity index (χ1n) is 2.14. The van der Waals surface area contributed by atoms with Gasteiger partial charge in [-0.3, -0.25) is 0 Å². The molecule has 0 aromatic carbocycles. The molecule has 0 aliphatic carbocycles. The van der Waals surface area contributed by atoms with Crippen molar-refractivity contribution in [3.8, 4) is 12.3 Å². The van der Waals surface area contributed by atoms with Crippen LogP contribution in [0.3, 0.4) is 0 Å². The molecule has 0 atom stereocenters. The molecule has 0 aliphatic heterocycles. The van der Waals surface area contributed by atoms with E-state index in [2.05, 4.69) is 5.92 Å². The summed E-state index contributed by atoms with van der Waals surface area (Å²) in [5.41, 5.74) is 0. The average Bonchev–Trinajstić information content (AvgIpc) is 1.69. The van der Waals surface area contributed by atoms with E-state index in [1.165, 1.54) is 12.3 Å². The first-order valence-corrected chi connectivity index (χ1v) is 2.14. The normalized spacial score (nSPS) is 8.57. The maximum absolute atomic E-state index is 4.85. The molecule has 0 heterocycles. The minimum absolute atomic E-state index is 0.679. The summed E-state index contributed by atoms with van der Waals surface area (Å²) < 4.78 is 4.75. The van der Waals surface area contributed by atoms with Crippen molar-refractivity contribution in [1.82, 2.24) is 0 Å². The van der Waals surface area contributed by atoms with Crippen LogP contribution in [0.25, 0.3) is 0 Å². The zero-order chi connectivity index (χ0) is 5.54. The van der Waals surface area contributed by atoms with E-state index in [0.29, 0.717) is 6.61 Å². The average molecular weight is 96.1 g/mol. The Morgan fingerprint density at radius 2 is 2.57 bits per heavy atom. The fourth-order valence-electron chi connectivity index (χ4n) is 0.184. The molecule has 0 aromatic heterocycles. The number of allylic oxidation sites excluding steroid dienone is 1. The fourth-order valence-corrected chi connectivity index (χ4v) is 0.184. The Hall–Kier alpha value is -0.900. The molecular formula is C6H8O. The Morgan fingerprint density at radius 1 is 1.86 bits per heavy atom. The van der Waals surface area contributed by atoms with Crippen molar-refractivity contribution in [2.75, 3.05) is 6.61 Å². The van der Waals surface area contributed by atoms with Gasteiger partial charge in [0.15, 0.2) is 0 Å². The van der Waals surface area contributed by atoms with Crippen molar-refractivity contribution in [2.24, 2.45) is 0 Å². The summed E-state index contributed by atoms with van der Waals surface area (Å²) in [5, 5.41) is 0. The Labute approximate surface area is 44.0 Å². The lowest BCUT2D eigenvalue weighted by molar-refractivity contribution is 0.269. The Bertz CT molecular complexity index is 86.8. The van der Waals surface area contributed by atoms with Crippen LogP contribution in [0.4, 0.5) is 0 Å². The first-order chi connectivity index (χ1) is 3.41. The van der Waals surface area contributed by atoms with Crippen molar-refractivity contribution < 1.29 is 4.74 Å². The number of terminal acetylenes is 1. The molecule has 0 aliphatic rings. The predicted molar refractivity (Wildman–Crippen MR) is 29.6 cm³/mol. The summed E-state index contributed by atoms with van der Waals surface area (Å²) in [6, 6.07) is 0. The predicted octanol–water partition coefficient (Wildman–Crippen LogP) is 1.17. The van der Waals surface area contributed by atoms with E-state index in [0.717, 1.165) is 0 Å². The van der Waals surface area contributed by atoms with Gasteiger partial charge in [-0.05, 0) is 6.92 Å². The Kier molecular flexibility index (Phi) is 4.44. The lowest BCUT2D eigenvalue weighted by Crippen LogP contribution is -1.74. The minimum Gasteiger partial charge on any atom is -0.501 e. The van der Waals surface area contributed by atoms with E-state index >= 15 is 0 Å². The molecule has 1 heteroatoms. The third kappa shape index (κ3) is 5.10. The molecule has 0 fully saturated rings. The molecule has 0 amide bonds.